The summed E-state index contributed by atoms with van der Waals surface area (Å²) in [4.78, 5) is 18.9. The molecule has 4 nitrogen and oxygen atoms in total. The SMILES string of the molecule is C[C-]=O.O=C(O)c1ccccc1O.[Cu+]. The molecule has 1 aromatic carbocycles. The molecule has 0 bridgehead atoms. The molecule has 0 fully saturated rings. The van der Waals surface area contributed by atoms with Crippen LogP contribution in [0.4, 0.5) is 0 Å². The summed E-state index contributed by atoms with van der Waals surface area (Å²) < 4.78 is 0. The van der Waals surface area contributed by atoms with Crippen LogP contribution >= 0.6 is 0 Å². The molecule has 0 amide bonds. The fourth-order valence-corrected chi connectivity index (χ4v) is 0.654. The molecular formula is C9H9CuO4. The Labute approximate surface area is 92.0 Å². The molecule has 0 radical (unpaired) electrons. The van der Waals surface area contributed by atoms with E-state index in [1.54, 1.807) is 12.1 Å². The molecule has 2 N–H and O–H groups in total. The second kappa shape index (κ2) is 8.29. The Kier molecular flexibility index (Phi) is 8.98. The van der Waals surface area contributed by atoms with Crippen molar-refractivity contribution in [2.75, 3.05) is 0 Å². The number of phenols is 1. The number of carboxylic acid groups (broad SMARTS) is 1. The van der Waals surface area contributed by atoms with Crippen molar-refractivity contribution in [1.82, 2.24) is 0 Å². The maximum Gasteiger partial charge on any atom is 1.00 e. The van der Waals surface area contributed by atoms with Crippen molar-refractivity contribution in [2.24, 2.45) is 0 Å². The zero-order valence-electron chi connectivity index (χ0n) is 7.32. The first-order valence-corrected chi connectivity index (χ1v) is 3.43. The molecule has 0 heterocycles. The number of carbonyl (C=O) groups is 1. The van der Waals surface area contributed by atoms with Crippen LogP contribution in [0.1, 0.15) is 17.3 Å². The van der Waals surface area contributed by atoms with Crippen LogP contribution in [-0.4, -0.2) is 22.5 Å². The van der Waals surface area contributed by atoms with Gasteiger partial charge in [0.2, 0.25) is 0 Å². The predicted octanol–water partition coefficient (Wildman–Crippen LogP) is 1.20. The van der Waals surface area contributed by atoms with E-state index in [2.05, 4.69) is 0 Å². The fraction of sp³-hybridized carbons (Fsp3) is 0.111. The van der Waals surface area contributed by atoms with Crippen molar-refractivity contribution in [3.05, 3.63) is 29.8 Å². The van der Waals surface area contributed by atoms with E-state index in [9.17, 15) is 4.79 Å². The molecule has 0 atom stereocenters. The number of carboxylic acids is 1. The molecule has 0 spiro atoms. The molecule has 0 aliphatic carbocycles. The Balaban J connectivity index is 0. The third-order valence-corrected chi connectivity index (χ3v) is 1.13. The molecule has 0 aliphatic heterocycles. The van der Waals surface area contributed by atoms with Crippen molar-refractivity contribution in [1.29, 1.82) is 0 Å². The van der Waals surface area contributed by atoms with Crippen LogP contribution in [0.15, 0.2) is 24.3 Å². The van der Waals surface area contributed by atoms with Crippen molar-refractivity contribution < 1.29 is 36.9 Å². The van der Waals surface area contributed by atoms with Crippen LogP contribution in [0.5, 0.6) is 5.75 Å². The summed E-state index contributed by atoms with van der Waals surface area (Å²) in [6.45, 7) is 1.32. The maximum atomic E-state index is 10.3. The molecule has 0 aliphatic rings. The molecule has 1 rings (SSSR count). The monoisotopic (exact) mass is 244 g/mol. The zero-order valence-corrected chi connectivity index (χ0v) is 8.26. The van der Waals surface area contributed by atoms with E-state index in [-0.39, 0.29) is 28.4 Å². The minimum absolute atomic E-state index is 0. The van der Waals surface area contributed by atoms with Gasteiger partial charge in [-0.15, -0.1) is 0 Å². The average molecular weight is 245 g/mol. The maximum absolute atomic E-state index is 10.3. The van der Waals surface area contributed by atoms with Gasteiger partial charge >= 0.3 is 23.0 Å². The molecule has 0 unspecified atom stereocenters. The van der Waals surface area contributed by atoms with Gasteiger partial charge in [0.05, 0.1) is 0 Å². The minimum atomic E-state index is -1.11. The van der Waals surface area contributed by atoms with Gasteiger partial charge in [0.15, 0.2) is 0 Å². The Morgan fingerprint density at radius 3 is 2.07 bits per heavy atom. The largest absolute Gasteiger partial charge is 1.00 e. The van der Waals surface area contributed by atoms with E-state index in [1.165, 1.54) is 25.3 Å². The number of aromatic hydroxyl groups is 1. The molecule has 5 heteroatoms. The number of hydrogen-bond donors (Lipinski definition) is 2. The van der Waals surface area contributed by atoms with Gasteiger partial charge in [-0.2, -0.15) is 6.92 Å². The molecule has 0 saturated carbocycles. The second-order valence-corrected chi connectivity index (χ2v) is 2.03. The first-order chi connectivity index (χ1) is 6.13. The van der Waals surface area contributed by atoms with Crippen LogP contribution in [0.2, 0.25) is 0 Å². The summed E-state index contributed by atoms with van der Waals surface area (Å²) in [5.74, 6) is -1.31. The number of rotatable bonds is 1. The van der Waals surface area contributed by atoms with Crippen molar-refractivity contribution in [2.45, 2.75) is 6.92 Å². The summed E-state index contributed by atoms with van der Waals surface area (Å²) in [7, 11) is 0. The topological polar surface area (TPSA) is 74.6 Å². The van der Waals surface area contributed by atoms with Crippen LogP contribution in [0, 0.1) is 0 Å². The van der Waals surface area contributed by atoms with Gasteiger partial charge in [-0.05, 0) is 12.1 Å². The number of carbonyl (C=O) groups excluding carboxylic acids is 1. The summed E-state index contributed by atoms with van der Waals surface area (Å²) in [5.41, 5.74) is -0.0671. The van der Waals surface area contributed by atoms with E-state index >= 15 is 0 Å². The van der Waals surface area contributed by atoms with Crippen molar-refractivity contribution in [3.8, 4) is 5.75 Å². The Morgan fingerprint density at radius 2 is 1.79 bits per heavy atom. The van der Waals surface area contributed by atoms with Gasteiger partial charge in [-0.25, -0.2) is 4.79 Å². The molecule has 14 heavy (non-hydrogen) atoms. The van der Waals surface area contributed by atoms with Crippen LogP contribution in [0.25, 0.3) is 0 Å². The van der Waals surface area contributed by atoms with E-state index in [0.29, 0.717) is 0 Å². The first-order valence-electron chi connectivity index (χ1n) is 3.43. The smallest absolute Gasteiger partial charge is 0.542 e. The summed E-state index contributed by atoms with van der Waals surface area (Å²) in [6, 6.07) is 5.81. The average Bonchev–Trinajstić information content (AvgIpc) is 2.06. The zero-order chi connectivity index (χ0) is 10.3. The summed E-state index contributed by atoms with van der Waals surface area (Å²) >= 11 is 0. The Bertz CT molecular complexity index is 299. The number of benzene rings is 1. The summed E-state index contributed by atoms with van der Waals surface area (Å²) in [6.07, 6.45) is 1.50. The Morgan fingerprint density at radius 1 is 1.36 bits per heavy atom. The summed E-state index contributed by atoms with van der Waals surface area (Å²) in [5, 5.41) is 17.3. The predicted molar refractivity (Wildman–Crippen MR) is 46.4 cm³/mol. The number of aromatic carboxylic acids is 1. The molecule has 80 valence electrons. The van der Waals surface area contributed by atoms with Crippen molar-refractivity contribution >= 4 is 12.3 Å². The van der Waals surface area contributed by atoms with Gasteiger partial charge in [0, 0.05) is 0 Å². The fourth-order valence-electron chi connectivity index (χ4n) is 0.654. The van der Waals surface area contributed by atoms with Crippen LogP contribution < -0.4 is 0 Å². The van der Waals surface area contributed by atoms with Gasteiger partial charge in [-0.1, -0.05) is 12.1 Å². The van der Waals surface area contributed by atoms with E-state index in [0.717, 1.165) is 0 Å². The normalized spacial score (nSPS) is 7.50. The van der Waals surface area contributed by atoms with Crippen LogP contribution in [-0.2, 0) is 21.9 Å². The molecule has 0 saturated heterocycles. The standard InChI is InChI=1S/C7H6O3.C2H3O.Cu/c8-6-4-2-1-3-5(6)7(9)10;1-2-3;/h1-4,8H,(H,9,10);1H3;/q;-1;+1. The molecule has 1 aromatic rings. The minimum Gasteiger partial charge on any atom is -0.542 e. The van der Waals surface area contributed by atoms with Gasteiger partial charge < -0.3 is 15.0 Å². The van der Waals surface area contributed by atoms with Gasteiger partial charge in [0.1, 0.15) is 11.3 Å². The van der Waals surface area contributed by atoms with E-state index in [1.807, 2.05) is 0 Å². The molecular weight excluding hydrogens is 236 g/mol. The van der Waals surface area contributed by atoms with E-state index < -0.39 is 5.97 Å². The van der Waals surface area contributed by atoms with Crippen LogP contribution in [0.3, 0.4) is 0 Å². The third-order valence-electron chi connectivity index (χ3n) is 1.13. The first kappa shape index (κ1) is 15.2. The molecule has 0 aromatic heterocycles. The quantitative estimate of drug-likeness (QED) is 0.575. The Hall–Kier alpha value is -1.32. The van der Waals surface area contributed by atoms with Crippen molar-refractivity contribution in [3.63, 3.8) is 0 Å². The third kappa shape index (κ3) is 5.35. The number of para-hydroxylation sites is 1. The number of hydrogen-bond acceptors (Lipinski definition) is 3. The second-order valence-electron chi connectivity index (χ2n) is 2.03. The van der Waals surface area contributed by atoms with E-state index in [4.69, 9.17) is 15.0 Å². The van der Waals surface area contributed by atoms with Gasteiger partial charge in [-0.3, -0.25) is 6.29 Å². The van der Waals surface area contributed by atoms with Gasteiger partial charge in [0.25, 0.3) is 0 Å².